The van der Waals surface area contributed by atoms with E-state index < -0.39 is 0 Å². The van der Waals surface area contributed by atoms with Gasteiger partial charge in [-0.2, -0.15) is 0 Å². The van der Waals surface area contributed by atoms with Crippen molar-refractivity contribution in [2.75, 3.05) is 5.32 Å². The van der Waals surface area contributed by atoms with Crippen LogP contribution in [-0.4, -0.2) is 4.98 Å². The predicted octanol–water partition coefficient (Wildman–Crippen LogP) is 4.13. The summed E-state index contributed by atoms with van der Waals surface area (Å²) in [5, 5.41) is 3.50. The molecule has 2 rings (SSSR count). The highest BCUT2D eigenvalue weighted by molar-refractivity contribution is 5.49. The van der Waals surface area contributed by atoms with E-state index in [1.807, 2.05) is 18.5 Å². The van der Waals surface area contributed by atoms with E-state index in [2.05, 4.69) is 55.3 Å². The molecule has 2 aromatic rings. The van der Waals surface area contributed by atoms with Gasteiger partial charge in [0.1, 0.15) is 0 Å². The number of aromatic nitrogens is 1. The highest BCUT2D eigenvalue weighted by Gasteiger charge is 2.06. The number of hydrogen-bond donors (Lipinski definition) is 1. The van der Waals surface area contributed by atoms with Crippen molar-refractivity contribution >= 4 is 5.69 Å². The number of pyridine rings is 1. The molecule has 0 amide bonds. The molecule has 18 heavy (non-hydrogen) atoms. The maximum atomic E-state index is 4.16. The first-order valence-electron chi connectivity index (χ1n) is 6.46. The monoisotopic (exact) mass is 240 g/mol. The van der Waals surface area contributed by atoms with E-state index in [-0.39, 0.29) is 0 Å². The van der Waals surface area contributed by atoms with Crippen LogP contribution in [0, 0.1) is 6.92 Å². The summed E-state index contributed by atoms with van der Waals surface area (Å²) in [7, 11) is 0. The van der Waals surface area contributed by atoms with Gasteiger partial charge >= 0.3 is 0 Å². The molecule has 0 spiro atoms. The molecule has 0 aliphatic rings. The van der Waals surface area contributed by atoms with Crippen molar-refractivity contribution in [3.05, 3.63) is 59.4 Å². The van der Waals surface area contributed by atoms with E-state index in [1.165, 1.54) is 16.7 Å². The maximum absolute atomic E-state index is 4.16. The molecule has 1 atom stereocenters. The number of anilines is 1. The molecule has 1 aromatic heterocycles. The molecular weight excluding hydrogens is 220 g/mol. The van der Waals surface area contributed by atoms with Crippen LogP contribution in [-0.2, 0) is 6.42 Å². The zero-order valence-electron chi connectivity index (χ0n) is 11.3. The van der Waals surface area contributed by atoms with Crippen molar-refractivity contribution in [2.45, 2.75) is 33.2 Å². The quantitative estimate of drug-likeness (QED) is 0.869. The Bertz CT molecular complexity index is 503. The van der Waals surface area contributed by atoms with Crippen molar-refractivity contribution in [1.82, 2.24) is 4.98 Å². The number of nitrogens with zero attached hydrogens (tertiary/aromatic N) is 1. The second kappa shape index (κ2) is 5.67. The minimum Gasteiger partial charge on any atom is -0.377 e. The van der Waals surface area contributed by atoms with Crippen LogP contribution in [0.4, 0.5) is 5.69 Å². The van der Waals surface area contributed by atoms with Crippen LogP contribution in [0.2, 0.25) is 0 Å². The summed E-state index contributed by atoms with van der Waals surface area (Å²) in [5.41, 5.74) is 5.01. The number of hydrogen-bond acceptors (Lipinski definition) is 2. The smallest absolute Gasteiger partial charge is 0.0561 e. The van der Waals surface area contributed by atoms with Gasteiger partial charge in [0.15, 0.2) is 0 Å². The zero-order valence-corrected chi connectivity index (χ0v) is 11.3. The third kappa shape index (κ3) is 2.89. The third-order valence-corrected chi connectivity index (χ3v) is 3.30. The molecule has 2 heteroatoms. The Morgan fingerprint density at radius 3 is 2.50 bits per heavy atom. The van der Waals surface area contributed by atoms with Gasteiger partial charge in [0.2, 0.25) is 0 Å². The van der Waals surface area contributed by atoms with Gasteiger partial charge in [0, 0.05) is 12.2 Å². The molecule has 2 nitrogen and oxygen atoms in total. The molecule has 0 aliphatic carbocycles. The average Bonchev–Trinajstić information content (AvgIpc) is 2.41. The topological polar surface area (TPSA) is 24.9 Å². The van der Waals surface area contributed by atoms with Gasteiger partial charge in [-0.1, -0.05) is 31.2 Å². The Morgan fingerprint density at radius 1 is 1.17 bits per heavy atom. The summed E-state index contributed by atoms with van der Waals surface area (Å²) < 4.78 is 0. The van der Waals surface area contributed by atoms with Crippen LogP contribution in [0.15, 0.2) is 42.7 Å². The lowest BCUT2D eigenvalue weighted by atomic mass is 10.0. The van der Waals surface area contributed by atoms with Gasteiger partial charge < -0.3 is 5.32 Å². The van der Waals surface area contributed by atoms with E-state index in [9.17, 15) is 0 Å². The van der Waals surface area contributed by atoms with E-state index in [1.54, 1.807) is 0 Å². The molecule has 0 saturated heterocycles. The van der Waals surface area contributed by atoms with E-state index in [0.717, 1.165) is 12.1 Å². The Morgan fingerprint density at radius 2 is 1.89 bits per heavy atom. The number of rotatable bonds is 4. The summed E-state index contributed by atoms with van der Waals surface area (Å²) in [6.45, 7) is 6.44. The Balaban J connectivity index is 2.11. The fourth-order valence-electron chi connectivity index (χ4n) is 1.97. The van der Waals surface area contributed by atoms with Crippen molar-refractivity contribution < 1.29 is 0 Å². The van der Waals surface area contributed by atoms with Gasteiger partial charge in [-0.25, -0.2) is 0 Å². The summed E-state index contributed by atoms with van der Waals surface area (Å²) >= 11 is 0. The van der Waals surface area contributed by atoms with Gasteiger partial charge in [-0.15, -0.1) is 0 Å². The second-order valence-electron chi connectivity index (χ2n) is 4.65. The predicted molar refractivity (Wildman–Crippen MR) is 76.8 cm³/mol. The summed E-state index contributed by atoms with van der Waals surface area (Å²) in [6.07, 6.45) is 4.79. The lowest BCUT2D eigenvalue weighted by Crippen LogP contribution is -2.07. The van der Waals surface area contributed by atoms with Crippen LogP contribution in [0.5, 0.6) is 0 Å². The van der Waals surface area contributed by atoms with Crippen molar-refractivity contribution in [3.63, 3.8) is 0 Å². The lowest BCUT2D eigenvalue weighted by Gasteiger charge is -2.17. The summed E-state index contributed by atoms with van der Waals surface area (Å²) in [6, 6.07) is 11.1. The molecular formula is C16H20N2. The van der Waals surface area contributed by atoms with E-state index >= 15 is 0 Å². The number of aryl methyl sites for hydroxylation is 2. The second-order valence-corrected chi connectivity index (χ2v) is 4.65. The minimum atomic E-state index is 0.291. The van der Waals surface area contributed by atoms with Crippen LogP contribution in [0.1, 0.15) is 36.6 Å². The van der Waals surface area contributed by atoms with Crippen molar-refractivity contribution in [1.29, 1.82) is 0 Å². The van der Waals surface area contributed by atoms with Gasteiger partial charge in [0.05, 0.1) is 11.9 Å². The first kappa shape index (κ1) is 12.6. The average molecular weight is 240 g/mol. The Labute approximate surface area is 109 Å². The van der Waals surface area contributed by atoms with E-state index in [0.29, 0.717) is 6.04 Å². The molecule has 0 aliphatic heterocycles. The van der Waals surface area contributed by atoms with Crippen LogP contribution in [0.25, 0.3) is 0 Å². The summed E-state index contributed by atoms with van der Waals surface area (Å²) in [5.74, 6) is 0. The highest BCUT2D eigenvalue weighted by Crippen LogP contribution is 2.21. The Hall–Kier alpha value is -1.83. The van der Waals surface area contributed by atoms with Crippen LogP contribution in [0.3, 0.4) is 0 Å². The molecule has 0 saturated carbocycles. The van der Waals surface area contributed by atoms with Gasteiger partial charge in [-0.05, 0) is 43.0 Å². The van der Waals surface area contributed by atoms with Crippen molar-refractivity contribution in [3.8, 4) is 0 Å². The lowest BCUT2D eigenvalue weighted by molar-refractivity contribution is 0.878. The maximum Gasteiger partial charge on any atom is 0.0561 e. The highest BCUT2D eigenvalue weighted by atomic mass is 14.9. The number of nitrogens with one attached hydrogen (secondary N) is 1. The first-order valence-corrected chi connectivity index (χ1v) is 6.46. The fourth-order valence-corrected chi connectivity index (χ4v) is 1.97. The number of benzene rings is 1. The van der Waals surface area contributed by atoms with Crippen LogP contribution < -0.4 is 5.32 Å². The van der Waals surface area contributed by atoms with E-state index in [4.69, 9.17) is 0 Å². The standard InChI is InChI=1S/C16H20N2/c1-4-14-5-7-15(8-6-14)13(3)18-16-11-17-10-9-12(16)2/h5-11,13,18H,4H2,1-3H3. The normalized spacial score (nSPS) is 12.2. The Kier molecular flexibility index (Phi) is 3.98. The van der Waals surface area contributed by atoms with Crippen LogP contribution >= 0.6 is 0 Å². The molecule has 1 unspecified atom stereocenters. The van der Waals surface area contributed by atoms with Gasteiger partial charge in [0.25, 0.3) is 0 Å². The largest absolute Gasteiger partial charge is 0.377 e. The SMILES string of the molecule is CCc1ccc(C(C)Nc2cnccc2C)cc1. The molecule has 1 N–H and O–H groups in total. The summed E-state index contributed by atoms with van der Waals surface area (Å²) in [4.78, 5) is 4.16. The molecule has 1 heterocycles. The molecule has 0 fully saturated rings. The molecule has 94 valence electrons. The zero-order chi connectivity index (χ0) is 13.0. The molecule has 0 bridgehead atoms. The fraction of sp³-hybridized carbons (Fsp3) is 0.312. The molecule has 1 aromatic carbocycles. The third-order valence-electron chi connectivity index (χ3n) is 3.30. The first-order chi connectivity index (χ1) is 8.70. The molecule has 0 radical (unpaired) electrons. The van der Waals surface area contributed by atoms with Gasteiger partial charge in [-0.3, -0.25) is 4.98 Å². The minimum absolute atomic E-state index is 0.291. The van der Waals surface area contributed by atoms with Crippen molar-refractivity contribution in [2.24, 2.45) is 0 Å².